The summed E-state index contributed by atoms with van der Waals surface area (Å²) in [5.74, 6) is 0. The Labute approximate surface area is 111 Å². The van der Waals surface area contributed by atoms with E-state index >= 15 is 0 Å². The second-order valence-electron chi connectivity index (χ2n) is 4.71. The number of hydrogen-bond donors (Lipinski definition) is 1. The zero-order valence-corrected chi connectivity index (χ0v) is 11.8. The molecule has 2 nitrogen and oxygen atoms in total. The van der Waals surface area contributed by atoms with Gasteiger partial charge in [0.05, 0.1) is 13.2 Å². The molecule has 0 aliphatic rings. The summed E-state index contributed by atoms with van der Waals surface area (Å²) < 4.78 is 5.62. The normalized spacial score (nSPS) is 11.6. The number of benzene rings is 1. The molecule has 0 aromatic heterocycles. The minimum absolute atomic E-state index is 0.545. The van der Waals surface area contributed by atoms with Gasteiger partial charge in [-0.3, -0.25) is 0 Å². The van der Waals surface area contributed by atoms with Crippen molar-refractivity contribution in [3.8, 4) is 0 Å². The Morgan fingerprint density at radius 2 is 1.94 bits per heavy atom. The summed E-state index contributed by atoms with van der Waals surface area (Å²) in [4.78, 5) is 0. The van der Waals surface area contributed by atoms with E-state index in [2.05, 4.69) is 43.4 Å². The van der Waals surface area contributed by atoms with Crippen molar-refractivity contribution in [2.75, 3.05) is 13.2 Å². The van der Waals surface area contributed by atoms with Crippen LogP contribution in [0.1, 0.15) is 31.9 Å². The first-order chi connectivity index (χ1) is 8.74. The lowest BCUT2D eigenvalue weighted by molar-refractivity contribution is 0.148. The standard InChI is InChI=1S/C16H25NO/c1-4-5-12-18-13-16-9-7-6-8-15(16)10-11-17-14(2)3/h4-9,14,17H,10-13H2,1-3H3/b5-4+. The van der Waals surface area contributed by atoms with Crippen LogP contribution in [0.15, 0.2) is 36.4 Å². The van der Waals surface area contributed by atoms with E-state index < -0.39 is 0 Å². The van der Waals surface area contributed by atoms with E-state index in [1.807, 2.05) is 19.1 Å². The van der Waals surface area contributed by atoms with Crippen LogP contribution in [-0.2, 0) is 17.8 Å². The first-order valence-corrected chi connectivity index (χ1v) is 6.73. The van der Waals surface area contributed by atoms with Crippen LogP contribution in [0.4, 0.5) is 0 Å². The predicted octanol–water partition coefficient (Wildman–Crippen LogP) is 3.32. The molecule has 0 bridgehead atoms. The molecule has 100 valence electrons. The highest BCUT2D eigenvalue weighted by Crippen LogP contribution is 2.10. The van der Waals surface area contributed by atoms with Crippen LogP contribution in [0.3, 0.4) is 0 Å². The third kappa shape index (κ3) is 5.99. The average Bonchev–Trinajstić information content (AvgIpc) is 2.36. The van der Waals surface area contributed by atoms with Gasteiger partial charge in [0.15, 0.2) is 0 Å². The highest BCUT2D eigenvalue weighted by molar-refractivity contribution is 5.26. The van der Waals surface area contributed by atoms with Gasteiger partial charge >= 0.3 is 0 Å². The zero-order chi connectivity index (χ0) is 13.2. The van der Waals surface area contributed by atoms with Crippen LogP contribution < -0.4 is 5.32 Å². The molecular formula is C16H25NO. The maximum Gasteiger partial charge on any atom is 0.0723 e. The Morgan fingerprint density at radius 1 is 1.22 bits per heavy atom. The van der Waals surface area contributed by atoms with E-state index in [1.54, 1.807) is 0 Å². The third-order valence-corrected chi connectivity index (χ3v) is 2.77. The lowest BCUT2D eigenvalue weighted by Gasteiger charge is -2.11. The summed E-state index contributed by atoms with van der Waals surface area (Å²) >= 11 is 0. The maximum atomic E-state index is 5.62. The molecule has 0 radical (unpaired) electrons. The fraction of sp³-hybridized carbons (Fsp3) is 0.500. The first-order valence-electron chi connectivity index (χ1n) is 6.73. The van der Waals surface area contributed by atoms with Gasteiger partial charge in [0.25, 0.3) is 0 Å². The fourth-order valence-corrected chi connectivity index (χ4v) is 1.77. The van der Waals surface area contributed by atoms with Gasteiger partial charge in [-0.2, -0.15) is 0 Å². The van der Waals surface area contributed by atoms with E-state index in [1.165, 1.54) is 11.1 Å². The molecule has 1 N–H and O–H groups in total. The van der Waals surface area contributed by atoms with Crippen LogP contribution >= 0.6 is 0 Å². The van der Waals surface area contributed by atoms with Crippen LogP contribution in [0.5, 0.6) is 0 Å². The predicted molar refractivity (Wildman–Crippen MR) is 77.8 cm³/mol. The van der Waals surface area contributed by atoms with Crippen molar-refractivity contribution in [3.63, 3.8) is 0 Å². The Balaban J connectivity index is 2.45. The quantitative estimate of drug-likeness (QED) is 0.562. The summed E-state index contributed by atoms with van der Waals surface area (Å²) in [6, 6.07) is 9.06. The maximum absolute atomic E-state index is 5.62. The second-order valence-corrected chi connectivity index (χ2v) is 4.71. The highest BCUT2D eigenvalue weighted by atomic mass is 16.5. The zero-order valence-electron chi connectivity index (χ0n) is 11.8. The van der Waals surface area contributed by atoms with Crippen molar-refractivity contribution in [2.24, 2.45) is 0 Å². The summed E-state index contributed by atoms with van der Waals surface area (Å²) in [5, 5.41) is 3.45. The molecule has 0 spiro atoms. The van der Waals surface area contributed by atoms with E-state index in [0.29, 0.717) is 19.3 Å². The lowest BCUT2D eigenvalue weighted by Crippen LogP contribution is -2.25. The van der Waals surface area contributed by atoms with Crippen LogP contribution in [0.2, 0.25) is 0 Å². The van der Waals surface area contributed by atoms with Crippen LogP contribution in [0, 0.1) is 0 Å². The molecule has 1 rings (SSSR count). The van der Waals surface area contributed by atoms with Gasteiger partial charge in [0.1, 0.15) is 0 Å². The molecule has 0 amide bonds. The number of ether oxygens (including phenoxy) is 1. The minimum atomic E-state index is 0.545. The molecule has 18 heavy (non-hydrogen) atoms. The summed E-state index contributed by atoms with van der Waals surface area (Å²) in [5.41, 5.74) is 2.68. The van der Waals surface area contributed by atoms with Gasteiger partial charge in [-0.05, 0) is 31.0 Å². The van der Waals surface area contributed by atoms with Crippen molar-refractivity contribution < 1.29 is 4.74 Å². The highest BCUT2D eigenvalue weighted by Gasteiger charge is 2.02. The average molecular weight is 247 g/mol. The number of rotatable bonds is 8. The molecule has 0 aliphatic carbocycles. The number of allylic oxidation sites excluding steroid dienone is 1. The Kier molecular flexibility index (Phi) is 7.38. The second kappa shape index (κ2) is 8.90. The first kappa shape index (κ1) is 14.9. The molecule has 0 fully saturated rings. The molecule has 0 atom stereocenters. The van der Waals surface area contributed by atoms with Gasteiger partial charge < -0.3 is 10.1 Å². The van der Waals surface area contributed by atoms with Crippen molar-refractivity contribution >= 4 is 0 Å². The van der Waals surface area contributed by atoms with Gasteiger partial charge in [0.2, 0.25) is 0 Å². The van der Waals surface area contributed by atoms with E-state index in [0.717, 1.165) is 13.0 Å². The monoisotopic (exact) mass is 247 g/mol. The third-order valence-electron chi connectivity index (χ3n) is 2.77. The Morgan fingerprint density at radius 3 is 2.61 bits per heavy atom. The molecule has 1 aromatic carbocycles. The molecule has 0 aliphatic heterocycles. The Hall–Kier alpha value is -1.12. The molecule has 0 unspecified atom stereocenters. The summed E-state index contributed by atoms with van der Waals surface area (Å²) in [7, 11) is 0. The van der Waals surface area contributed by atoms with Crippen molar-refractivity contribution in [2.45, 2.75) is 39.8 Å². The van der Waals surface area contributed by atoms with Gasteiger partial charge in [-0.1, -0.05) is 50.3 Å². The van der Waals surface area contributed by atoms with E-state index in [-0.39, 0.29) is 0 Å². The summed E-state index contributed by atoms with van der Waals surface area (Å²) in [6.07, 6.45) is 5.10. The fourth-order valence-electron chi connectivity index (χ4n) is 1.77. The van der Waals surface area contributed by atoms with Crippen molar-refractivity contribution in [1.29, 1.82) is 0 Å². The van der Waals surface area contributed by atoms with Crippen molar-refractivity contribution in [1.82, 2.24) is 5.32 Å². The number of nitrogens with one attached hydrogen (secondary N) is 1. The molecular weight excluding hydrogens is 222 g/mol. The van der Waals surface area contributed by atoms with Crippen molar-refractivity contribution in [3.05, 3.63) is 47.5 Å². The largest absolute Gasteiger partial charge is 0.373 e. The summed E-state index contributed by atoms with van der Waals surface area (Å²) in [6.45, 7) is 8.76. The van der Waals surface area contributed by atoms with E-state index in [9.17, 15) is 0 Å². The topological polar surface area (TPSA) is 21.3 Å². The molecule has 2 heteroatoms. The van der Waals surface area contributed by atoms with Gasteiger partial charge in [-0.15, -0.1) is 0 Å². The SMILES string of the molecule is C/C=C/COCc1ccccc1CCNC(C)C. The van der Waals surface area contributed by atoms with Gasteiger partial charge in [0, 0.05) is 6.04 Å². The van der Waals surface area contributed by atoms with Crippen LogP contribution in [-0.4, -0.2) is 19.2 Å². The molecule has 0 saturated heterocycles. The smallest absolute Gasteiger partial charge is 0.0723 e. The van der Waals surface area contributed by atoms with E-state index in [4.69, 9.17) is 4.74 Å². The number of hydrogen-bond acceptors (Lipinski definition) is 2. The minimum Gasteiger partial charge on any atom is -0.373 e. The van der Waals surface area contributed by atoms with Crippen LogP contribution in [0.25, 0.3) is 0 Å². The molecule has 0 saturated carbocycles. The molecule has 0 heterocycles. The Bertz CT molecular complexity index is 358. The lowest BCUT2D eigenvalue weighted by atomic mass is 10.1. The van der Waals surface area contributed by atoms with Gasteiger partial charge in [-0.25, -0.2) is 0 Å². The molecule has 1 aromatic rings.